The molecule has 0 spiro atoms. The molecule has 6 rings (SSSR count). The molecule has 0 atom stereocenters. The molecule has 0 saturated carbocycles. The molecule has 0 aliphatic rings. The standard InChI is InChI=1S/2C13H10ClN3/c14-13-7-6-12-11(16-13)8-15-17(12)9-10-4-2-1-3-5-10;14-13-7-6-11-12(15-13)9-17(16-11)8-10-4-2-1-3-5-10/h1-8H,9H2;1-7,9H,8H2. The van der Waals surface area contributed by atoms with E-state index < -0.39 is 0 Å². The molecule has 0 fully saturated rings. The summed E-state index contributed by atoms with van der Waals surface area (Å²) >= 11 is 11.7. The minimum atomic E-state index is 0.497. The van der Waals surface area contributed by atoms with E-state index in [0.29, 0.717) is 10.3 Å². The van der Waals surface area contributed by atoms with E-state index in [0.717, 1.165) is 35.2 Å². The summed E-state index contributed by atoms with van der Waals surface area (Å²) in [5.74, 6) is 0. The Morgan fingerprint density at radius 1 is 0.618 bits per heavy atom. The van der Waals surface area contributed by atoms with Crippen molar-refractivity contribution in [1.82, 2.24) is 29.5 Å². The fourth-order valence-electron chi connectivity index (χ4n) is 3.61. The van der Waals surface area contributed by atoms with Crippen molar-refractivity contribution in [3.63, 3.8) is 0 Å². The van der Waals surface area contributed by atoms with Crippen molar-refractivity contribution in [3.05, 3.63) is 119 Å². The third-order valence-corrected chi connectivity index (χ3v) is 5.63. The number of hydrogen-bond donors (Lipinski definition) is 0. The minimum absolute atomic E-state index is 0.497. The van der Waals surface area contributed by atoms with Crippen LogP contribution in [0.4, 0.5) is 0 Å². The third-order valence-electron chi connectivity index (χ3n) is 5.20. The first-order valence-corrected chi connectivity index (χ1v) is 11.5. The predicted molar refractivity (Wildman–Crippen MR) is 136 cm³/mol. The molecule has 0 unspecified atom stereocenters. The van der Waals surface area contributed by atoms with Gasteiger partial charge in [0.15, 0.2) is 0 Å². The number of aromatic nitrogens is 6. The number of nitrogens with zero attached hydrogens (tertiary/aromatic N) is 6. The third kappa shape index (κ3) is 5.25. The Hall–Kier alpha value is -3.74. The van der Waals surface area contributed by atoms with Crippen LogP contribution in [0.3, 0.4) is 0 Å². The first-order valence-electron chi connectivity index (χ1n) is 10.7. The lowest BCUT2D eigenvalue weighted by molar-refractivity contribution is 0.695. The summed E-state index contributed by atoms with van der Waals surface area (Å²) in [6, 6.07) is 27.8. The molecular formula is C26H20Cl2N6. The van der Waals surface area contributed by atoms with Gasteiger partial charge < -0.3 is 0 Å². The summed E-state index contributed by atoms with van der Waals surface area (Å²) < 4.78 is 3.80. The Kier molecular flexibility index (Phi) is 6.51. The van der Waals surface area contributed by atoms with Crippen molar-refractivity contribution in [2.75, 3.05) is 0 Å². The van der Waals surface area contributed by atoms with Gasteiger partial charge in [0.05, 0.1) is 31.0 Å². The normalized spacial score (nSPS) is 10.9. The van der Waals surface area contributed by atoms with Gasteiger partial charge >= 0.3 is 0 Å². The predicted octanol–water partition coefficient (Wildman–Crippen LogP) is 6.27. The van der Waals surface area contributed by atoms with Gasteiger partial charge in [0, 0.05) is 0 Å². The van der Waals surface area contributed by atoms with E-state index in [1.165, 1.54) is 11.1 Å². The quantitative estimate of drug-likeness (QED) is 0.275. The molecule has 34 heavy (non-hydrogen) atoms. The highest BCUT2D eigenvalue weighted by Crippen LogP contribution is 2.16. The summed E-state index contributed by atoms with van der Waals surface area (Å²) in [7, 11) is 0. The Morgan fingerprint density at radius 2 is 1.24 bits per heavy atom. The van der Waals surface area contributed by atoms with E-state index >= 15 is 0 Å². The van der Waals surface area contributed by atoms with Crippen molar-refractivity contribution >= 4 is 45.3 Å². The molecule has 0 saturated heterocycles. The minimum Gasteiger partial charge on any atom is -0.265 e. The van der Waals surface area contributed by atoms with Crippen LogP contribution < -0.4 is 0 Å². The van der Waals surface area contributed by atoms with E-state index in [-0.39, 0.29) is 0 Å². The number of halogens is 2. The average Bonchev–Trinajstić information content (AvgIpc) is 3.43. The van der Waals surface area contributed by atoms with E-state index in [1.54, 1.807) is 18.3 Å². The zero-order valence-electron chi connectivity index (χ0n) is 18.1. The molecular weight excluding hydrogens is 467 g/mol. The molecule has 2 aromatic carbocycles. The number of pyridine rings is 2. The Bertz CT molecular complexity index is 1520. The molecule has 4 aromatic heterocycles. The van der Waals surface area contributed by atoms with Gasteiger partial charge in [-0.15, -0.1) is 0 Å². The SMILES string of the molecule is Clc1ccc2c(cnn2Cc2ccccc2)n1.Clc1ccc2nn(Cc3ccccc3)cc2n1. The average molecular weight is 487 g/mol. The topological polar surface area (TPSA) is 61.4 Å². The maximum absolute atomic E-state index is 5.84. The highest BCUT2D eigenvalue weighted by Gasteiger charge is 2.05. The number of fused-ring (bicyclic) bond motifs is 2. The summed E-state index contributed by atoms with van der Waals surface area (Å²) in [4.78, 5) is 8.44. The van der Waals surface area contributed by atoms with Crippen molar-refractivity contribution in [2.45, 2.75) is 13.1 Å². The maximum Gasteiger partial charge on any atom is 0.129 e. The zero-order chi connectivity index (χ0) is 23.3. The second-order valence-corrected chi connectivity index (χ2v) is 8.45. The molecule has 168 valence electrons. The van der Waals surface area contributed by atoms with Gasteiger partial charge in [0.25, 0.3) is 0 Å². The molecule has 0 aliphatic carbocycles. The van der Waals surface area contributed by atoms with Crippen LogP contribution >= 0.6 is 23.2 Å². The van der Waals surface area contributed by atoms with Crippen LogP contribution in [0.25, 0.3) is 22.1 Å². The van der Waals surface area contributed by atoms with Crippen molar-refractivity contribution in [2.24, 2.45) is 0 Å². The number of hydrogen-bond acceptors (Lipinski definition) is 4. The van der Waals surface area contributed by atoms with Crippen LogP contribution in [0, 0.1) is 0 Å². The van der Waals surface area contributed by atoms with E-state index in [4.69, 9.17) is 23.2 Å². The van der Waals surface area contributed by atoms with Gasteiger partial charge in [-0.1, -0.05) is 83.9 Å². The second-order valence-electron chi connectivity index (χ2n) is 7.68. The monoisotopic (exact) mass is 486 g/mol. The zero-order valence-corrected chi connectivity index (χ0v) is 19.6. The molecule has 0 radical (unpaired) electrons. The van der Waals surface area contributed by atoms with E-state index in [1.807, 2.05) is 64.1 Å². The van der Waals surface area contributed by atoms with Gasteiger partial charge in [-0.2, -0.15) is 10.2 Å². The van der Waals surface area contributed by atoms with Crippen LogP contribution in [0.15, 0.2) is 97.3 Å². The number of rotatable bonds is 4. The van der Waals surface area contributed by atoms with Gasteiger partial charge in [-0.25, -0.2) is 9.97 Å². The van der Waals surface area contributed by atoms with Crippen LogP contribution in [0.1, 0.15) is 11.1 Å². The highest BCUT2D eigenvalue weighted by atomic mass is 35.5. The van der Waals surface area contributed by atoms with Crippen LogP contribution in [0.5, 0.6) is 0 Å². The van der Waals surface area contributed by atoms with Gasteiger partial charge in [0.2, 0.25) is 0 Å². The second kappa shape index (κ2) is 10.0. The summed E-state index contributed by atoms with van der Waals surface area (Å²) in [5, 5.41) is 9.77. The summed E-state index contributed by atoms with van der Waals surface area (Å²) in [6.07, 6.45) is 3.65. The first kappa shape index (κ1) is 22.1. The van der Waals surface area contributed by atoms with Crippen molar-refractivity contribution in [3.8, 4) is 0 Å². The largest absolute Gasteiger partial charge is 0.265 e. The summed E-state index contributed by atoms with van der Waals surface area (Å²) in [6.45, 7) is 1.49. The Labute approximate surface area is 206 Å². The van der Waals surface area contributed by atoms with Gasteiger partial charge in [-0.05, 0) is 35.4 Å². The van der Waals surface area contributed by atoms with Crippen LogP contribution in [0.2, 0.25) is 10.3 Å². The van der Waals surface area contributed by atoms with Gasteiger partial charge in [-0.3, -0.25) is 9.36 Å². The lowest BCUT2D eigenvalue weighted by atomic mass is 10.2. The lowest BCUT2D eigenvalue weighted by Crippen LogP contribution is -2.00. The van der Waals surface area contributed by atoms with Crippen LogP contribution in [-0.4, -0.2) is 29.5 Å². The van der Waals surface area contributed by atoms with Crippen LogP contribution in [-0.2, 0) is 13.1 Å². The molecule has 0 amide bonds. The Balaban J connectivity index is 0.000000142. The fourth-order valence-corrected chi connectivity index (χ4v) is 3.92. The molecule has 6 aromatic rings. The molecule has 4 heterocycles. The molecule has 0 aliphatic heterocycles. The van der Waals surface area contributed by atoms with Gasteiger partial charge in [0.1, 0.15) is 26.9 Å². The fraction of sp³-hybridized carbons (Fsp3) is 0.0769. The smallest absolute Gasteiger partial charge is 0.129 e. The number of benzene rings is 2. The first-order chi connectivity index (χ1) is 16.6. The molecule has 6 nitrogen and oxygen atoms in total. The molecule has 0 N–H and O–H groups in total. The van der Waals surface area contributed by atoms with E-state index in [2.05, 4.69) is 44.4 Å². The van der Waals surface area contributed by atoms with Crippen molar-refractivity contribution < 1.29 is 0 Å². The molecule has 0 bridgehead atoms. The Morgan fingerprint density at radius 3 is 1.94 bits per heavy atom. The maximum atomic E-state index is 5.84. The highest BCUT2D eigenvalue weighted by molar-refractivity contribution is 6.30. The molecule has 8 heteroatoms. The van der Waals surface area contributed by atoms with E-state index in [9.17, 15) is 0 Å². The lowest BCUT2D eigenvalue weighted by Gasteiger charge is -2.03. The summed E-state index contributed by atoms with van der Waals surface area (Å²) in [5.41, 5.74) is 5.95. The van der Waals surface area contributed by atoms with Crippen molar-refractivity contribution in [1.29, 1.82) is 0 Å².